The lowest BCUT2D eigenvalue weighted by molar-refractivity contribution is 0.193. The maximum atomic E-state index is 14.8. The normalized spacial score (nSPS) is 16.7. The van der Waals surface area contributed by atoms with E-state index in [1.54, 1.807) is 12.4 Å². The van der Waals surface area contributed by atoms with Crippen molar-refractivity contribution in [2.75, 3.05) is 18.0 Å². The first-order chi connectivity index (χ1) is 13.0. The summed E-state index contributed by atoms with van der Waals surface area (Å²) in [4.78, 5) is 10.7. The van der Waals surface area contributed by atoms with Gasteiger partial charge in [0.05, 0.1) is 16.7 Å². The van der Waals surface area contributed by atoms with Gasteiger partial charge in [0, 0.05) is 36.3 Å². The van der Waals surface area contributed by atoms with Crippen LogP contribution in [0.1, 0.15) is 24.6 Å². The minimum atomic E-state index is -1.46. The molecule has 1 aliphatic heterocycles. The molecule has 4 rings (SSSR count). The molecule has 27 heavy (non-hydrogen) atoms. The quantitative estimate of drug-likeness (QED) is 0.591. The van der Waals surface area contributed by atoms with Crippen molar-refractivity contribution >= 4 is 28.3 Å². The molecule has 2 aromatic heterocycles. The second-order valence-corrected chi connectivity index (χ2v) is 7.16. The van der Waals surface area contributed by atoms with Gasteiger partial charge < -0.3 is 4.90 Å². The van der Waals surface area contributed by atoms with Crippen LogP contribution in [0.15, 0.2) is 42.7 Å². The zero-order valence-electron chi connectivity index (χ0n) is 14.4. The van der Waals surface area contributed by atoms with Gasteiger partial charge in [-0.25, -0.2) is 18.2 Å². The largest absolute Gasteiger partial charge is 0.355 e. The Morgan fingerprint density at radius 2 is 1.89 bits per heavy atom. The van der Waals surface area contributed by atoms with Gasteiger partial charge in [0.15, 0.2) is 0 Å². The molecule has 1 aliphatic rings. The topological polar surface area (TPSA) is 29.0 Å². The van der Waals surface area contributed by atoms with E-state index in [4.69, 9.17) is 11.6 Å². The highest BCUT2D eigenvalue weighted by Gasteiger charge is 2.30. The van der Waals surface area contributed by atoms with Crippen LogP contribution in [0.3, 0.4) is 0 Å². The summed E-state index contributed by atoms with van der Waals surface area (Å²) in [5.41, 5.74) is 0.665. The van der Waals surface area contributed by atoms with Gasteiger partial charge in [-0.15, -0.1) is 0 Å². The summed E-state index contributed by atoms with van der Waals surface area (Å²) in [5.74, 6) is -1.22. The fourth-order valence-electron chi connectivity index (χ4n) is 3.59. The number of rotatable bonds is 3. The fourth-order valence-corrected chi connectivity index (χ4v) is 3.87. The zero-order chi connectivity index (χ0) is 19.0. The van der Waals surface area contributed by atoms with Crippen LogP contribution in [0.4, 0.5) is 19.0 Å². The van der Waals surface area contributed by atoms with Crippen LogP contribution in [0.2, 0.25) is 5.02 Å². The SMILES string of the molecule is Fc1ccc(C(F)C2CCN(c3nc4cnccc4cc3Cl)CC2)c(F)c1. The molecule has 7 heteroatoms. The number of halogens is 4. The van der Waals surface area contributed by atoms with E-state index in [-0.39, 0.29) is 11.5 Å². The fraction of sp³-hybridized carbons (Fsp3) is 0.300. The zero-order valence-corrected chi connectivity index (χ0v) is 15.1. The van der Waals surface area contributed by atoms with Crippen molar-refractivity contribution in [3.8, 4) is 0 Å². The first-order valence-corrected chi connectivity index (χ1v) is 9.15. The summed E-state index contributed by atoms with van der Waals surface area (Å²) in [6, 6.07) is 6.70. The maximum Gasteiger partial charge on any atom is 0.148 e. The third-order valence-corrected chi connectivity index (χ3v) is 5.35. The van der Waals surface area contributed by atoms with Crippen molar-refractivity contribution in [1.29, 1.82) is 0 Å². The Bertz CT molecular complexity index is 974. The average Bonchev–Trinajstić information content (AvgIpc) is 2.67. The van der Waals surface area contributed by atoms with Crippen LogP contribution in [0.5, 0.6) is 0 Å². The third-order valence-electron chi connectivity index (χ3n) is 5.07. The predicted molar refractivity (Wildman–Crippen MR) is 99.7 cm³/mol. The third kappa shape index (κ3) is 3.58. The van der Waals surface area contributed by atoms with Crippen LogP contribution in [-0.2, 0) is 0 Å². The minimum Gasteiger partial charge on any atom is -0.355 e. The number of aromatic nitrogens is 2. The molecule has 140 valence electrons. The van der Waals surface area contributed by atoms with Crippen molar-refractivity contribution in [3.05, 3.63) is 64.9 Å². The summed E-state index contributed by atoms with van der Waals surface area (Å²) in [5, 5.41) is 1.44. The van der Waals surface area contributed by atoms with Crippen LogP contribution < -0.4 is 4.90 Å². The monoisotopic (exact) mass is 391 g/mol. The van der Waals surface area contributed by atoms with E-state index < -0.39 is 17.8 Å². The molecule has 1 saturated heterocycles. The summed E-state index contributed by atoms with van der Waals surface area (Å²) in [6.07, 6.45) is 2.96. The summed E-state index contributed by atoms with van der Waals surface area (Å²) in [6.45, 7) is 1.12. The number of fused-ring (bicyclic) bond motifs is 1. The molecule has 1 atom stereocenters. The first kappa shape index (κ1) is 18.0. The van der Waals surface area contributed by atoms with E-state index in [9.17, 15) is 13.2 Å². The summed E-state index contributed by atoms with van der Waals surface area (Å²) >= 11 is 6.38. The number of nitrogens with zero attached hydrogens (tertiary/aromatic N) is 3. The number of benzene rings is 1. The number of pyridine rings is 2. The molecule has 0 spiro atoms. The molecule has 0 amide bonds. The molecule has 0 aliphatic carbocycles. The van der Waals surface area contributed by atoms with Crippen LogP contribution in [-0.4, -0.2) is 23.1 Å². The van der Waals surface area contributed by atoms with Crippen LogP contribution in [0, 0.1) is 17.6 Å². The van der Waals surface area contributed by atoms with Crippen LogP contribution >= 0.6 is 11.6 Å². The van der Waals surface area contributed by atoms with Gasteiger partial charge in [-0.2, -0.15) is 0 Å². The lowest BCUT2D eigenvalue weighted by atomic mass is 9.88. The summed E-state index contributed by atoms with van der Waals surface area (Å²) < 4.78 is 41.7. The van der Waals surface area contributed by atoms with Gasteiger partial charge in [0.1, 0.15) is 23.6 Å². The number of hydrogen-bond donors (Lipinski definition) is 0. The van der Waals surface area contributed by atoms with E-state index >= 15 is 0 Å². The predicted octanol–water partition coefficient (Wildman–Crippen LogP) is 5.49. The van der Waals surface area contributed by atoms with Crippen molar-refractivity contribution < 1.29 is 13.2 Å². The Kier molecular flexibility index (Phi) is 4.91. The van der Waals surface area contributed by atoms with Gasteiger partial charge in [0.25, 0.3) is 0 Å². The minimum absolute atomic E-state index is 0.0808. The van der Waals surface area contributed by atoms with E-state index in [1.165, 1.54) is 6.07 Å². The molecular weight excluding hydrogens is 375 g/mol. The number of piperidine rings is 1. The molecular formula is C20H17ClF3N3. The van der Waals surface area contributed by atoms with E-state index in [2.05, 4.69) is 9.97 Å². The molecule has 3 nitrogen and oxygen atoms in total. The standard InChI is InChI=1S/C20H17ClF3N3/c21-16-9-13-3-6-25-11-18(13)26-20(16)27-7-4-12(5-8-27)19(24)15-2-1-14(22)10-17(15)23/h1-3,6,9-12,19H,4-5,7-8H2. The van der Waals surface area contributed by atoms with Crippen molar-refractivity contribution in [3.63, 3.8) is 0 Å². The second kappa shape index (κ2) is 7.35. The van der Waals surface area contributed by atoms with Gasteiger partial charge in [-0.1, -0.05) is 17.7 Å². The lowest BCUT2D eigenvalue weighted by Gasteiger charge is -2.34. The molecule has 1 fully saturated rings. The summed E-state index contributed by atoms with van der Waals surface area (Å²) in [7, 11) is 0. The van der Waals surface area contributed by atoms with E-state index in [1.807, 2.05) is 17.0 Å². The van der Waals surface area contributed by atoms with E-state index in [0.29, 0.717) is 36.8 Å². The van der Waals surface area contributed by atoms with Crippen molar-refractivity contribution in [2.24, 2.45) is 5.92 Å². The molecule has 1 unspecified atom stereocenters. The highest BCUT2D eigenvalue weighted by Crippen LogP contribution is 2.37. The highest BCUT2D eigenvalue weighted by molar-refractivity contribution is 6.33. The molecule has 0 radical (unpaired) electrons. The Morgan fingerprint density at radius 1 is 1.11 bits per heavy atom. The highest BCUT2D eigenvalue weighted by atomic mass is 35.5. The van der Waals surface area contributed by atoms with Crippen molar-refractivity contribution in [2.45, 2.75) is 19.0 Å². The molecule has 1 aromatic carbocycles. The van der Waals surface area contributed by atoms with Gasteiger partial charge in [0.2, 0.25) is 0 Å². The van der Waals surface area contributed by atoms with Gasteiger partial charge in [-0.3, -0.25) is 4.98 Å². The second-order valence-electron chi connectivity index (χ2n) is 6.75. The Balaban J connectivity index is 1.49. The number of anilines is 1. The lowest BCUT2D eigenvalue weighted by Crippen LogP contribution is -2.35. The molecule has 0 saturated carbocycles. The maximum absolute atomic E-state index is 14.8. The first-order valence-electron chi connectivity index (χ1n) is 8.77. The number of alkyl halides is 1. The van der Waals surface area contributed by atoms with E-state index in [0.717, 1.165) is 23.0 Å². The Labute approximate surface area is 159 Å². The van der Waals surface area contributed by atoms with Gasteiger partial charge >= 0.3 is 0 Å². The molecule has 3 heterocycles. The smallest absolute Gasteiger partial charge is 0.148 e. The molecule has 0 bridgehead atoms. The van der Waals surface area contributed by atoms with Gasteiger partial charge in [-0.05, 0) is 37.0 Å². The van der Waals surface area contributed by atoms with Crippen LogP contribution in [0.25, 0.3) is 10.9 Å². The average molecular weight is 392 g/mol. The Hall–Kier alpha value is -2.34. The number of hydrogen-bond acceptors (Lipinski definition) is 3. The van der Waals surface area contributed by atoms with Crippen molar-refractivity contribution in [1.82, 2.24) is 9.97 Å². The Morgan fingerprint density at radius 3 is 2.63 bits per heavy atom. The molecule has 3 aromatic rings. The molecule has 0 N–H and O–H groups in total.